The second-order valence-corrected chi connectivity index (χ2v) is 39.1. The molecular weight excluding hydrogens is 1540 g/mol. The lowest BCUT2D eigenvalue weighted by molar-refractivity contribution is 0.586. The molecule has 0 atom stereocenters. The van der Waals surface area contributed by atoms with E-state index in [9.17, 15) is 0 Å². The molecule has 1 nitrogen and oxygen atoms in total. The fourth-order valence-electron chi connectivity index (χ4n) is 14.9. The summed E-state index contributed by atoms with van der Waals surface area (Å²) in [5.74, 6) is 0. The van der Waals surface area contributed by atoms with Gasteiger partial charge in [0.2, 0.25) is 0 Å². The summed E-state index contributed by atoms with van der Waals surface area (Å²) in [5, 5.41) is 2.62. The second-order valence-electron chi connectivity index (χ2n) is 39.1. The lowest BCUT2D eigenvalue weighted by atomic mass is 9.77. The van der Waals surface area contributed by atoms with Crippen molar-refractivity contribution in [3.8, 4) is 83.6 Å². The first kappa shape index (κ1) is 65.0. The zero-order valence-corrected chi connectivity index (χ0v) is 79.0. The average molecular weight is 1710 g/mol. The third-order valence-electron chi connectivity index (χ3n) is 21.5. The summed E-state index contributed by atoms with van der Waals surface area (Å²) in [6.45, 7) is 48.8. The van der Waals surface area contributed by atoms with Gasteiger partial charge >= 0.3 is 0 Å². The summed E-state index contributed by atoms with van der Waals surface area (Å²) in [6.07, 6.45) is 0. The molecule has 0 saturated heterocycles. The Kier molecular flexibility index (Phi) is 21.5. The van der Waals surface area contributed by atoms with Gasteiger partial charge in [-0.3, -0.25) is 0 Å². The number of hydrogen-bond acceptors (Lipinski definition) is 0. The van der Waals surface area contributed by atoms with Crippen molar-refractivity contribution in [3.05, 3.63) is 461 Å². The van der Waals surface area contributed by atoms with Crippen LogP contribution in [-0.2, 0) is 37.9 Å². The van der Waals surface area contributed by atoms with Crippen molar-refractivity contribution in [2.75, 3.05) is 0 Å². The van der Waals surface area contributed by atoms with E-state index in [-0.39, 0.29) is 193 Å². The van der Waals surface area contributed by atoms with Gasteiger partial charge in [-0.2, -0.15) is 0 Å². The Bertz CT molecular complexity index is 7660. The zero-order chi connectivity index (χ0) is 116. The molecular formula is C127H139N. The molecule has 1 heterocycles. The Balaban J connectivity index is 0.000000175. The van der Waals surface area contributed by atoms with Crippen molar-refractivity contribution in [2.45, 2.75) is 204 Å². The summed E-state index contributed by atoms with van der Waals surface area (Å²) in [5.41, 5.74) is 19.4. The lowest BCUT2D eigenvalue weighted by Crippen LogP contribution is -2.15. The molecule has 16 aromatic carbocycles. The molecule has 17 rings (SSSR count). The molecule has 0 bridgehead atoms. The van der Waals surface area contributed by atoms with Crippen molar-refractivity contribution in [1.82, 2.24) is 4.57 Å². The molecule has 0 fully saturated rings. The third kappa shape index (κ3) is 26.0. The molecule has 0 amide bonds. The number of benzene rings is 16. The van der Waals surface area contributed by atoms with Gasteiger partial charge in [-0.15, -0.1) is 0 Å². The molecule has 17 aromatic rings. The van der Waals surface area contributed by atoms with Crippen molar-refractivity contribution in [1.29, 1.82) is 0 Å². The molecule has 0 aliphatic carbocycles. The maximum absolute atomic E-state index is 8.52. The molecule has 1 aromatic heterocycles. The predicted octanol–water partition coefficient (Wildman–Crippen LogP) is 36.6. The first-order valence-electron chi connectivity index (χ1n) is 57.2. The van der Waals surface area contributed by atoms with E-state index in [4.69, 9.17) is 37.0 Å². The van der Waals surface area contributed by atoms with Crippen LogP contribution in [0.2, 0.25) is 0 Å². The monoisotopic (exact) mass is 1710 g/mol. The largest absolute Gasteiger partial charge is 0.309 e. The van der Waals surface area contributed by atoms with Gasteiger partial charge < -0.3 is 4.57 Å². The highest BCUT2D eigenvalue weighted by Gasteiger charge is 2.26. The van der Waals surface area contributed by atoms with Crippen LogP contribution in [0, 0.1) is 20.8 Å². The first-order valence-corrected chi connectivity index (χ1v) is 43.7. The predicted molar refractivity (Wildman–Crippen MR) is 563 cm³/mol. The van der Waals surface area contributed by atoms with Crippen molar-refractivity contribution in [2.24, 2.45) is 0 Å². The van der Waals surface area contributed by atoms with E-state index >= 15 is 0 Å². The normalized spacial score (nSPS) is 14.5. The molecule has 0 spiro atoms. The third-order valence-corrected chi connectivity index (χ3v) is 21.5. The van der Waals surface area contributed by atoms with Crippen LogP contribution in [0.1, 0.15) is 238 Å². The minimum absolute atomic E-state index is 0.0333. The summed E-state index contributed by atoms with van der Waals surface area (Å²) in [7, 11) is 0. The van der Waals surface area contributed by atoms with Crippen LogP contribution in [-0.4, -0.2) is 4.57 Å². The van der Waals surface area contributed by atoms with Crippen LogP contribution in [0.5, 0.6) is 0 Å². The van der Waals surface area contributed by atoms with E-state index in [0.29, 0.717) is 49.9 Å². The number of aromatic nitrogens is 1. The molecule has 0 radical (unpaired) electrons. The molecule has 652 valence electrons. The van der Waals surface area contributed by atoms with Gasteiger partial charge in [0.25, 0.3) is 0 Å². The molecule has 0 N–H and O–H groups in total. The molecule has 128 heavy (non-hydrogen) atoms. The quantitative estimate of drug-likeness (QED) is 0.143. The van der Waals surface area contributed by atoms with E-state index in [1.165, 1.54) is 73.4 Å². The molecule has 0 unspecified atom stereocenters. The Morgan fingerprint density at radius 1 is 0.211 bits per heavy atom. The number of nitrogens with zero attached hydrogens (tertiary/aromatic N) is 1. The Hall–Kier alpha value is -12.7. The van der Waals surface area contributed by atoms with Gasteiger partial charge in [0, 0.05) is 16.5 Å². The average Bonchev–Trinajstić information content (AvgIpc) is 1.34. The van der Waals surface area contributed by atoms with Crippen LogP contribution in [0.15, 0.2) is 406 Å². The van der Waals surface area contributed by atoms with Crippen molar-refractivity contribution < 1.29 is 37.0 Å². The number of fused-ring (bicyclic) bond motifs is 3. The van der Waals surface area contributed by atoms with Gasteiger partial charge in [0.1, 0.15) is 0 Å². The van der Waals surface area contributed by atoms with Crippen LogP contribution < -0.4 is 0 Å². The van der Waals surface area contributed by atoms with E-state index in [1.54, 1.807) is 50.2 Å². The first-order chi connectivity index (χ1) is 71.9. The molecule has 0 saturated carbocycles. The second kappa shape index (κ2) is 42.3. The highest BCUT2D eigenvalue weighted by molar-refractivity contribution is 6.09. The van der Waals surface area contributed by atoms with Crippen molar-refractivity contribution >= 4 is 21.8 Å². The maximum Gasteiger partial charge on any atom is 0.0632 e. The highest BCUT2D eigenvalue weighted by Crippen LogP contribution is 2.43. The van der Waals surface area contributed by atoms with Crippen LogP contribution >= 0.6 is 0 Å². The molecule has 0 aliphatic rings. The lowest BCUT2D eigenvalue weighted by Gasteiger charge is -2.27. The number of rotatable bonds is 8. The summed E-state index contributed by atoms with van der Waals surface area (Å²) in [6, 6.07) is 75.7. The van der Waals surface area contributed by atoms with Gasteiger partial charge in [-0.05, 0) is 211 Å². The number of para-hydroxylation sites is 3. The minimum atomic E-state index is -0.608. The SMILES string of the molecule is CC(C)(C)c1cc(-c2ccccc2)cc(-c2ccccc2)c1.CC(C)(C)c1ccccc1.CC(C)(C)c1ccccc1-n1c2ccccc2c2ccccc21.[2H]c1c([2H])c([2H])c(-c2cc(-c3c([2H])c([2H])c([2H])c(C)c3[2H])cc(C(C)(C)C)c2)c([2H])c1[2H].[2H]c1c([2H])c([2H])c(-c2cccc(-c3c([2H])c([2H])c(C)c([2H])c3[2H])c2C(C)(C)C)c([2H])c1[2H].[2H]c1c([2H])c([2H])c(-c2ccccc2C(C)(C)C)c([2H])c1[2H].[2H]c1c([2H])c([2H])c(C(C)(C)C)c(C)c1[2H]. The number of hydrogen-bond donors (Lipinski definition) is 0. The van der Waals surface area contributed by atoms with E-state index < -0.39 is 41.7 Å². The van der Waals surface area contributed by atoms with Gasteiger partial charge in [0.15, 0.2) is 0 Å². The zero-order valence-electron chi connectivity index (χ0n) is 106. The molecule has 0 aliphatic heterocycles. The summed E-state index contributed by atoms with van der Waals surface area (Å²) < 4.78 is 221. The van der Waals surface area contributed by atoms with E-state index in [1.807, 2.05) is 107 Å². The standard InChI is InChI=1S/2C23H24.C22H21N.C22H22.C16H18.C11H16.C10H14/c1-17-9-8-12-19(13-17)21-14-20(18-10-6-5-7-11-18)15-22(16-21)23(2,3)4;1-17-13-15-19(16-14-17)21-12-8-11-20(22(21)23(2,3)4)18-9-6-5-7-10-18;1-22(2,3)18-12-6-9-15-21(18)23-19-13-7-4-10-16(19)17-11-5-8-14-20(17)23;1-22(2,3)21-15-19(17-10-6-4-7-11-17)14-20(16-21)18-12-8-5-9-13-18;1-16(2,3)15-12-8-7-11-14(15)13-9-5-4-6-10-13;1-9-7-5-6-8-10(9)11(2,3)4;1-10(2,3)9-7-5-4-6-8-9/h2*5-16H,1-4H3;4-15H,1-3H3;4-16H,1-3H3;4-12H,1-3H3;5-8H,1-4H3;4-8H,1-3H3/i5D,6D,7D,8D,9D,10D,11D,12D,13D;5D,6D,7D,9D,10D,13D,14D,15D,16D;;;4D,5D,6D,9D,10D;5D,6D,7D,8D;. The van der Waals surface area contributed by atoms with Gasteiger partial charge in [-0.1, -0.05) is 532 Å². The van der Waals surface area contributed by atoms with Crippen LogP contribution in [0.4, 0.5) is 0 Å². The van der Waals surface area contributed by atoms with Crippen LogP contribution in [0.3, 0.4) is 0 Å². The van der Waals surface area contributed by atoms with Crippen molar-refractivity contribution in [3.63, 3.8) is 0 Å². The topological polar surface area (TPSA) is 4.93 Å². The highest BCUT2D eigenvalue weighted by atomic mass is 15.0. The van der Waals surface area contributed by atoms with E-state index in [2.05, 4.69) is 249 Å². The minimum Gasteiger partial charge on any atom is -0.309 e. The fourth-order valence-corrected chi connectivity index (χ4v) is 14.9. The summed E-state index contributed by atoms with van der Waals surface area (Å²) >= 11 is 0. The smallest absolute Gasteiger partial charge is 0.0632 e. The Labute approximate surface area is 808 Å². The Morgan fingerprint density at radius 2 is 0.562 bits per heavy atom. The van der Waals surface area contributed by atoms with Gasteiger partial charge in [-0.25, -0.2) is 0 Å². The fraction of sp³-hybridized carbons (Fsp3) is 0.244. The maximum atomic E-state index is 8.52. The van der Waals surface area contributed by atoms with Crippen LogP contribution in [0.25, 0.3) is 105 Å². The Morgan fingerprint density at radius 3 is 1.01 bits per heavy atom. The van der Waals surface area contributed by atoms with E-state index in [0.717, 1.165) is 11.1 Å². The van der Waals surface area contributed by atoms with Gasteiger partial charge in [0.05, 0.1) is 48.0 Å². The summed E-state index contributed by atoms with van der Waals surface area (Å²) in [4.78, 5) is 0. The molecule has 1 heteroatoms.